The van der Waals surface area contributed by atoms with Gasteiger partial charge in [-0.15, -0.1) is 0 Å². The van der Waals surface area contributed by atoms with Gasteiger partial charge in [0.15, 0.2) is 0 Å². The van der Waals surface area contributed by atoms with Crippen LogP contribution in [-0.2, 0) is 17.5 Å². The van der Waals surface area contributed by atoms with E-state index in [1.54, 1.807) is 7.11 Å². The van der Waals surface area contributed by atoms with Crippen molar-refractivity contribution in [2.24, 2.45) is 0 Å². The molecule has 3 rings (SSSR count). The number of piperazine rings is 1. The van der Waals surface area contributed by atoms with Crippen LogP contribution in [0.4, 0.5) is 13.2 Å². The van der Waals surface area contributed by atoms with E-state index in [4.69, 9.17) is 9.26 Å². The first-order chi connectivity index (χ1) is 12.5. The quantitative estimate of drug-likeness (QED) is 0.779. The summed E-state index contributed by atoms with van der Waals surface area (Å²) in [6, 6.07) is 4.74. The molecular formula is C17H21F3N4O2. The Morgan fingerprint density at radius 2 is 1.73 bits per heavy atom. The van der Waals surface area contributed by atoms with E-state index in [2.05, 4.69) is 19.9 Å². The molecule has 0 bridgehead atoms. The molecule has 0 amide bonds. The number of halogens is 3. The highest BCUT2D eigenvalue weighted by Crippen LogP contribution is 2.30. The summed E-state index contributed by atoms with van der Waals surface area (Å²) >= 11 is 0. The lowest BCUT2D eigenvalue weighted by Gasteiger charge is -2.33. The third-order valence-electron chi connectivity index (χ3n) is 4.37. The number of hydrogen-bond acceptors (Lipinski definition) is 6. The van der Waals surface area contributed by atoms with Crippen molar-refractivity contribution in [2.75, 3.05) is 46.4 Å². The summed E-state index contributed by atoms with van der Waals surface area (Å²) in [7, 11) is 1.69. The Bertz CT molecular complexity index is 695. The molecule has 0 atom stereocenters. The maximum atomic E-state index is 12.6. The third kappa shape index (κ3) is 4.80. The van der Waals surface area contributed by atoms with Crippen LogP contribution in [0.1, 0.15) is 11.5 Å². The van der Waals surface area contributed by atoms with Gasteiger partial charge in [0.25, 0.3) is 0 Å². The molecular weight excluding hydrogens is 349 g/mol. The van der Waals surface area contributed by atoms with Gasteiger partial charge in [0.1, 0.15) is 0 Å². The molecule has 142 valence electrons. The van der Waals surface area contributed by atoms with Gasteiger partial charge >= 0.3 is 6.18 Å². The molecule has 1 saturated heterocycles. The predicted molar refractivity (Wildman–Crippen MR) is 88.3 cm³/mol. The zero-order chi connectivity index (χ0) is 18.6. The topological polar surface area (TPSA) is 54.6 Å². The average Bonchev–Trinajstić information content (AvgIpc) is 3.09. The van der Waals surface area contributed by atoms with Gasteiger partial charge < -0.3 is 9.26 Å². The van der Waals surface area contributed by atoms with Crippen molar-refractivity contribution < 1.29 is 22.4 Å². The molecule has 2 aromatic rings. The summed E-state index contributed by atoms with van der Waals surface area (Å²) in [5, 5.41) is 3.88. The van der Waals surface area contributed by atoms with Gasteiger partial charge in [0, 0.05) is 45.4 Å². The molecule has 0 aliphatic carbocycles. The highest BCUT2D eigenvalue weighted by molar-refractivity contribution is 5.54. The molecule has 26 heavy (non-hydrogen) atoms. The third-order valence-corrected chi connectivity index (χ3v) is 4.37. The van der Waals surface area contributed by atoms with E-state index in [0.29, 0.717) is 23.8 Å². The minimum atomic E-state index is -4.35. The molecule has 9 heteroatoms. The predicted octanol–water partition coefficient (Wildman–Crippen LogP) is 2.52. The number of aromatic nitrogens is 2. The molecule has 1 aromatic carbocycles. The number of benzene rings is 1. The first kappa shape index (κ1) is 18.8. The van der Waals surface area contributed by atoms with E-state index in [0.717, 1.165) is 51.5 Å². The van der Waals surface area contributed by atoms with Crippen LogP contribution in [0, 0.1) is 0 Å². The Labute approximate surface area is 149 Å². The Balaban J connectivity index is 1.55. The second kappa shape index (κ2) is 8.15. The fraction of sp³-hybridized carbons (Fsp3) is 0.529. The number of ether oxygens (including phenoxy) is 1. The summed E-state index contributed by atoms with van der Waals surface area (Å²) in [5.74, 6) is 0.762. The van der Waals surface area contributed by atoms with Crippen LogP contribution in [0.2, 0.25) is 0 Å². The van der Waals surface area contributed by atoms with Gasteiger partial charge in [-0.05, 0) is 12.1 Å². The van der Waals surface area contributed by atoms with Gasteiger partial charge in [-0.2, -0.15) is 18.2 Å². The fourth-order valence-electron chi connectivity index (χ4n) is 2.83. The maximum absolute atomic E-state index is 12.6. The van der Waals surface area contributed by atoms with Crippen LogP contribution < -0.4 is 0 Å². The molecule has 0 saturated carbocycles. The van der Waals surface area contributed by atoms with Crippen LogP contribution in [0.3, 0.4) is 0 Å². The van der Waals surface area contributed by atoms with Crippen LogP contribution in [0.5, 0.6) is 0 Å². The van der Waals surface area contributed by atoms with Crippen molar-refractivity contribution in [3.8, 4) is 11.4 Å². The summed E-state index contributed by atoms with van der Waals surface area (Å²) in [5.41, 5.74) is -0.200. The largest absolute Gasteiger partial charge is 0.416 e. The van der Waals surface area contributed by atoms with Gasteiger partial charge in [0.05, 0.1) is 18.7 Å². The highest BCUT2D eigenvalue weighted by Gasteiger charge is 2.30. The Morgan fingerprint density at radius 3 is 2.35 bits per heavy atom. The van der Waals surface area contributed by atoms with E-state index < -0.39 is 11.7 Å². The van der Waals surface area contributed by atoms with Crippen molar-refractivity contribution in [3.63, 3.8) is 0 Å². The van der Waals surface area contributed by atoms with E-state index in [1.807, 2.05) is 0 Å². The smallest absolute Gasteiger partial charge is 0.383 e. The first-order valence-corrected chi connectivity index (χ1v) is 8.39. The molecule has 0 radical (unpaired) electrons. The van der Waals surface area contributed by atoms with Crippen LogP contribution >= 0.6 is 0 Å². The van der Waals surface area contributed by atoms with Crippen LogP contribution in [-0.4, -0.2) is 66.4 Å². The Morgan fingerprint density at radius 1 is 1.08 bits per heavy atom. The van der Waals surface area contributed by atoms with E-state index >= 15 is 0 Å². The zero-order valence-corrected chi connectivity index (χ0v) is 14.5. The number of hydrogen-bond donors (Lipinski definition) is 0. The molecule has 1 aliphatic rings. The standard InChI is InChI=1S/C17H21F3N4O2/c1-25-11-10-23-6-8-24(9-7-23)12-15-21-16(22-26-15)13-2-4-14(5-3-13)17(18,19)20/h2-5H,6-12H2,1H3. The molecule has 6 nitrogen and oxygen atoms in total. The van der Waals surface area contributed by atoms with Crippen LogP contribution in [0.25, 0.3) is 11.4 Å². The normalized spacial score (nSPS) is 16.9. The molecule has 1 aromatic heterocycles. The van der Waals surface area contributed by atoms with Crippen LogP contribution in [0.15, 0.2) is 28.8 Å². The molecule has 2 heterocycles. The highest BCUT2D eigenvalue weighted by atomic mass is 19.4. The average molecular weight is 370 g/mol. The second-order valence-electron chi connectivity index (χ2n) is 6.20. The molecule has 0 unspecified atom stereocenters. The Kier molecular flexibility index (Phi) is 5.90. The van der Waals surface area contributed by atoms with Gasteiger partial charge in [-0.1, -0.05) is 17.3 Å². The SMILES string of the molecule is COCCN1CCN(Cc2nc(-c3ccc(C(F)(F)F)cc3)no2)CC1. The minimum absolute atomic E-state index is 0.299. The van der Waals surface area contributed by atoms with Crippen molar-refractivity contribution in [3.05, 3.63) is 35.7 Å². The first-order valence-electron chi connectivity index (χ1n) is 8.39. The fourth-order valence-corrected chi connectivity index (χ4v) is 2.83. The van der Waals surface area contributed by atoms with E-state index in [9.17, 15) is 13.2 Å². The van der Waals surface area contributed by atoms with Crippen molar-refractivity contribution in [1.29, 1.82) is 0 Å². The number of methoxy groups -OCH3 is 1. The zero-order valence-electron chi connectivity index (χ0n) is 14.5. The van der Waals surface area contributed by atoms with E-state index in [-0.39, 0.29) is 0 Å². The van der Waals surface area contributed by atoms with Gasteiger partial charge in [0.2, 0.25) is 11.7 Å². The van der Waals surface area contributed by atoms with Crippen molar-refractivity contribution >= 4 is 0 Å². The summed E-state index contributed by atoms with van der Waals surface area (Å²) < 4.78 is 48.2. The summed E-state index contributed by atoms with van der Waals surface area (Å²) in [6.45, 7) is 5.85. The van der Waals surface area contributed by atoms with Gasteiger partial charge in [-0.25, -0.2) is 0 Å². The summed E-state index contributed by atoms with van der Waals surface area (Å²) in [6.07, 6.45) is -4.35. The van der Waals surface area contributed by atoms with Crippen molar-refractivity contribution in [2.45, 2.75) is 12.7 Å². The summed E-state index contributed by atoms with van der Waals surface area (Å²) in [4.78, 5) is 8.85. The molecule has 0 spiro atoms. The lowest BCUT2D eigenvalue weighted by molar-refractivity contribution is -0.137. The number of alkyl halides is 3. The van der Waals surface area contributed by atoms with E-state index in [1.165, 1.54) is 12.1 Å². The molecule has 1 aliphatic heterocycles. The second-order valence-corrected chi connectivity index (χ2v) is 6.20. The monoisotopic (exact) mass is 370 g/mol. The minimum Gasteiger partial charge on any atom is -0.383 e. The molecule has 0 N–H and O–H groups in total. The number of nitrogens with zero attached hydrogens (tertiary/aromatic N) is 4. The molecule has 1 fully saturated rings. The maximum Gasteiger partial charge on any atom is 0.416 e. The Hall–Kier alpha value is -1.97. The van der Waals surface area contributed by atoms with Crippen molar-refractivity contribution in [1.82, 2.24) is 19.9 Å². The number of rotatable bonds is 6. The van der Waals surface area contributed by atoms with Gasteiger partial charge in [-0.3, -0.25) is 9.80 Å². The lowest BCUT2D eigenvalue weighted by atomic mass is 10.1. The lowest BCUT2D eigenvalue weighted by Crippen LogP contribution is -2.46.